The highest BCUT2D eigenvalue weighted by Crippen LogP contribution is 2.35. The molecule has 0 spiro atoms. The lowest BCUT2D eigenvalue weighted by atomic mass is 9.84. The molecule has 7 heteroatoms. The minimum Gasteiger partial charge on any atom is -0.376 e. The minimum atomic E-state index is -0.0658. The number of hydrogen-bond acceptors (Lipinski definition) is 5. The van der Waals surface area contributed by atoms with E-state index >= 15 is 0 Å². The zero-order valence-corrected chi connectivity index (χ0v) is 14.7. The van der Waals surface area contributed by atoms with Crippen molar-refractivity contribution in [2.24, 2.45) is 11.8 Å². The predicted molar refractivity (Wildman–Crippen MR) is 92.0 cm³/mol. The first kappa shape index (κ1) is 17.0. The lowest BCUT2D eigenvalue weighted by Crippen LogP contribution is -2.45. The molecular formula is C17H27N5O2. The Labute approximate surface area is 143 Å². The van der Waals surface area contributed by atoms with Crippen LogP contribution in [0.2, 0.25) is 0 Å². The molecule has 2 aliphatic rings. The van der Waals surface area contributed by atoms with Gasteiger partial charge in [-0.25, -0.2) is 14.8 Å². The minimum absolute atomic E-state index is 0.0658. The number of amides is 2. The highest BCUT2D eigenvalue weighted by molar-refractivity contribution is 5.73. The van der Waals surface area contributed by atoms with E-state index < -0.39 is 0 Å². The van der Waals surface area contributed by atoms with Crippen molar-refractivity contribution in [1.82, 2.24) is 20.2 Å². The average Bonchev–Trinajstić information content (AvgIpc) is 3.01. The van der Waals surface area contributed by atoms with Gasteiger partial charge in [-0.2, -0.15) is 0 Å². The van der Waals surface area contributed by atoms with Gasteiger partial charge in [0.25, 0.3) is 0 Å². The maximum atomic E-state index is 11.7. The molecule has 24 heavy (non-hydrogen) atoms. The third-order valence-corrected chi connectivity index (χ3v) is 5.04. The Morgan fingerprint density at radius 1 is 1.42 bits per heavy atom. The lowest BCUT2D eigenvalue weighted by molar-refractivity contribution is 0.0889. The van der Waals surface area contributed by atoms with E-state index in [1.165, 1.54) is 0 Å². The Morgan fingerprint density at radius 2 is 2.17 bits per heavy atom. The number of ether oxygens (including phenoxy) is 1. The van der Waals surface area contributed by atoms with Crippen LogP contribution in [0.15, 0.2) is 12.4 Å². The fourth-order valence-corrected chi connectivity index (χ4v) is 3.52. The predicted octanol–water partition coefficient (Wildman–Crippen LogP) is 1.15. The molecule has 1 aromatic rings. The van der Waals surface area contributed by atoms with Gasteiger partial charge < -0.3 is 19.9 Å². The number of fused-ring (bicyclic) bond motifs is 1. The Morgan fingerprint density at radius 3 is 2.83 bits per heavy atom. The highest BCUT2D eigenvalue weighted by atomic mass is 16.5. The van der Waals surface area contributed by atoms with E-state index in [1.54, 1.807) is 19.0 Å². The number of nitrogens with one attached hydrogen (secondary N) is 1. The van der Waals surface area contributed by atoms with Gasteiger partial charge in [0.15, 0.2) is 0 Å². The fourth-order valence-electron chi connectivity index (χ4n) is 3.52. The van der Waals surface area contributed by atoms with E-state index in [2.05, 4.69) is 27.1 Å². The first-order valence-electron chi connectivity index (χ1n) is 8.71. The summed E-state index contributed by atoms with van der Waals surface area (Å²) in [6, 6.07) is -0.0658. The summed E-state index contributed by atoms with van der Waals surface area (Å²) in [5.41, 5.74) is 1.16. The van der Waals surface area contributed by atoms with Gasteiger partial charge in [0, 0.05) is 52.0 Å². The van der Waals surface area contributed by atoms with Crippen LogP contribution < -0.4 is 10.2 Å². The SMILES string of the molecule is CCc1cnc(N2CC[C@@H]3[C@@H](CO[C@@H]3CNC(=O)N(C)C)C2)nc1. The summed E-state index contributed by atoms with van der Waals surface area (Å²) in [5.74, 6) is 1.79. The smallest absolute Gasteiger partial charge is 0.316 e. The molecule has 0 aromatic carbocycles. The van der Waals surface area contributed by atoms with Gasteiger partial charge in [0.05, 0.1) is 12.7 Å². The van der Waals surface area contributed by atoms with Crippen molar-refractivity contribution in [1.29, 1.82) is 0 Å². The van der Waals surface area contributed by atoms with Crippen LogP contribution in [0.1, 0.15) is 18.9 Å². The Hall–Kier alpha value is -1.89. The van der Waals surface area contributed by atoms with Gasteiger partial charge in [-0.15, -0.1) is 0 Å². The van der Waals surface area contributed by atoms with E-state index in [9.17, 15) is 4.79 Å². The molecule has 2 aliphatic heterocycles. The molecule has 132 valence electrons. The van der Waals surface area contributed by atoms with E-state index in [0.717, 1.165) is 44.0 Å². The Balaban J connectivity index is 1.55. The number of carbonyl (C=O) groups excluding carboxylic acids is 1. The van der Waals surface area contributed by atoms with Gasteiger partial charge in [0.2, 0.25) is 5.95 Å². The first-order chi connectivity index (χ1) is 11.6. The van der Waals surface area contributed by atoms with Crippen molar-refractivity contribution in [2.45, 2.75) is 25.9 Å². The van der Waals surface area contributed by atoms with Crippen molar-refractivity contribution < 1.29 is 9.53 Å². The summed E-state index contributed by atoms with van der Waals surface area (Å²) in [5, 5.41) is 2.94. The number of piperidine rings is 1. The molecule has 0 radical (unpaired) electrons. The molecule has 3 rings (SSSR count). The van der Waals surface area contributed by atoms with Gasteiger partial charge in [-0.1, -0.05) is 6.92 Å². The average molecular weight is 333 g/mol. The van der Waals surface area contributed by atoms with Crippen LogP contribution >= 0.6 is 0 Å². The van der Waals surface area contributed by atoms with E-state index in [1.807, 2.05) is 12.4 Å². The van der Waals surface area contributed by atoms with E-state index in [-0.39, 0.29) is 12.1 Å². The second kappa shape index (κ2) is 7.34. The van der Waals surface area contributed by atoms with Crippen LogP contribution in [-0.2, 0) is 11.2 Å². The standard InChI is InChI=1S/C17H27N5O2/c1-4-12-7-18-16(19-8-12)22-6-5-14-13(10-22)11-24-15(14)9-20-17(23)21(2)3/h7-8,13-15H,4-6,9-11H2,1-3H3,(H,20,23)/t13-,14-,15-/m1/s1. The van der Waals surface area contributed by atoms with Crippen molar-refractivity contribution in [3.63, 3.8) is 0 Å². The zero-order valence-electron chi connectivity index (χ0n) is 14.7. The monoisotopic (exact) mass is 333 g/mol. The molecule has 3 atom stereocenters. The van der Waals surface area contributed by atoms with Crippen molar-refractivity contribution in [3.05, 3.63) is 18.0 Å². The molecule has 7 nitrogen and oxygen atoms in total. The second-order valence-electron chi connectivity index (χ2n) is 6.86. The maximum absolute atomic E-state index is 11.7. The first-order valence-corrected chi connectivity index (χ1v) is 8.71. The number of aromatic nitrogens is 2. The zero-order chi connectivity index (χ0) is 17.1. The Bertz CT molecular complexity index is 563. The summed E-state index contributed by atoms with van der Waals surface area (Å²) in [4.78, 5) is 24.5. The lowest BCUT2D eigenvalue weighted by Gasteiger charge is -2.35. The number of carbonyl (C=O) groups is 1. The molecule has 0 saturated carbocycles. The third-order valence-electron chi connectivity index (χ3n) is 5.04. The summed E-state index contributed by atoms with van der Waals surface area (Å²) in [7, 11) is 3.49. The molecule has 0 aliphatic carbocycles. The molecule has 1 aromatic heterocycles. The molecule has 3 heterocycles. The Kier molecular flexibility index (Phi) is 5.18. The number of hydrogen-bond donors (Lipinski definition) is 1. The van der Waals surface area contributed by atoms with Gasteiger partial charge >= 0.3 is 6.03 Å². The number of rotatable bonds is 4. The van der Waals surface area contributed by atoms with E-state index in [0.29, 0.717) is 18.4 Å². The quantitative estimate of drug-likeness (QED) is 0.895. The fraction of sp³-hybridized carbons (Fsp3) is 0.706. The normalized spacial score (nSPS) is 26.1. The largest absolute Gasteiger partial charge is 0.376 e. The van der Waals surface area contributed by atoms with Gasteiger partial charge in [0.1, 0.15) is 0 Å². The molecule has 2 saturated heterocycles. The summed E-state index contributed by atoms with van der Waals surface area (Å²) >= 11 is 0. The number of nitrogens with zero attached hydrogens (tertiary/aromatic N) is 4. The molecular weight excluding hydrogens is 306 g/mol. The van der Waals surface area contributed by atoms with Crippen LogP contribution in [-0.4, -0.2) is 67.3 Å². The molecule has 2 amide bonds. The van der Waals surface area contributed by atoms with Crippen LogP contribution in [0, 0.1) is 11.8 Å². The molecule has 1 N–H and O–H groups in total. The maximum Gasteiger partial charge on any atom is 0.316 e. The topological polar surface area (TPSA) is 70.6 Å². The number of aryl methyl sites for hydroxylation is 1. The number of anilines is 1. The van der Waals surface area contributed by atoms with Gasteiger partial charge in [-0.3, -0.25) is 0 Å². The third kappa shape index (κ3) is 3.61. The van der Waals surface area contributed by atoms with Crippen LogP contribution in [0.25, 0.3) is 0 Å². The molecule has 0 bridgehead atoms. The van der Waals surface area contributed by atoms with Crippen molar-refractivity contribution in [3.8, 4) is 0 Å². The highest BCUT2D eigenvalue weighted by Gasteiger charge is 2.41. The van der Waals surface area contributed by atoms with Crippen LogP contribution in [0.5, 0.6) is 0 Å². The molecule has 0 unspecified atom stereocenters. The summed E-state index contributed by atoms with van der Waals surface area (Å²) in [6.07, 6.45) is 5.95. The van der Waals surface area contributed by atoms with Crippen molar-refractivity contribution in [2.75, 3.05) is 45.2 Å². The summed E-state index contributed by atoms with van der Waals surface area (Å²) in [6.45, 7) is 5.30. The second-order valence-corrected chi connectivity index (χ2v) is 6.86. The van der Waals surface area contributed by atoms with Crippen molar-refractivity contribution >= 4 is 12.0 Å². The summed E-state index contributed by atoms with van der Waals surface area (Å²) < 4.78 is 5.95. The van der Waals surface area contributed by atoms with Crippen LogP contribution in [0.4, 0.5) is 10.7 Å². The van der Waals surface area contributed by atoms with Gasteiger partial charge in [-0.05, 0) is 24.3 Å². The molecule has 2 fully saturated rings. The van der Waals surface area contributed by atoms with Crippen LogP contribution in [0.3, 0.4) is 0 Å². The number of urea groups is 1. The van der Waals surface area contributed by atoms with E-state index in [4.69, 9.17) is 4.74 Å².